The lowest BCUT2D eigenvalue weighted by atomic mass is 10.2. The van der Waals surface area contributed by atoms with Crippen molar-refractivity contribution >= 4 is 17.5 Å². The number of nitrogens with one attached hydrogen (secondary N) is 1. The van der Waals surface area contributed by atoms with Crippen molar-refractivity contribution in [2.24, 2.45) is 0 Å². The van der Waals surface area contributed by atoms with E-state index in [1.807, 2.05) is 23.1 Å². The molecule has 3 rings (SSSR count). The van der Waals surface area contributed by atoms with Gasteiger partial charge in [-0.25, -0.2) is 0 Å². The normalized spacial score (nSPS) is 14.8. The smallest absolute Gasteiger partial charge is 0.269 e. The van der Waals surface area contributed by atoms with Gasteiger partial charge in [0.25, 0.3) is 11.8 Å². The summed E-state index contributed by atoms with van der Waals surface area (Å²) in [5, 5.41) is 2.52. The largest absolute Gasteiger partial charge is 0.370 e. The highest BCUT2D eigenvalue weighted by atomic mass is 16.2. The molecule has 0 spiro atoms. The van der Waals surface area contributed by atoms with Crippen LogP contribution in [0.5, 0.6) is 0 Å². The molecule has 0 unspecified atom stereocenters. The van der Waals surface area contributed by atoms with Crippen LogP contribution in [-0.2, 0) is 0 Å². The van der Waals surface area contributed by atoms with Gasteiger partial charge in [0.15, 0.2) is 0 Å². The second-order valence-electron chi connectivity index (χ2n) is 5.98. The summed E-state index contributed by atoms with van der Waals surface area (Å²) >= 11 is 0. The van der Waals surface area contributed by atoms with E-state index in [1.54, 1.807) is 19.2 Å². The van der Waals surface area contributed by atoms with Gasteiger partial charge in [-0.2, -0.15) is 0 Å². The van der Waals surface area contributed by atoms with E-state index in [4.69, 9.17) is 0 Å². The maximum Gasteiger partial charge on any atom is 0.269 e. The summed E-state index contributed by atoms with van der Waals surface area (Å²) in [6, 6.07) is 13.5. The van der Waals surface area contributed by atoms with Gasteiger partial charge in [-0.1, -0.05) is 18.2 Å². The average molecular weight is 338 g/mol. The summed E-state index contributed by atoms with van der Waals surface area (Å²) < 4.78 is 0. The van der Waals surface area contributed by atoms with Gasteiger partial charge in [0, 0.05) is 45.1 Å². The Morgan fingerprint density at radius 1 is 1.00 bits per heavy atom. The van der Waals surface area contributed by atoms with Crippen molar-refractivity contribution in [3.05, 3.63) is 59.9 Å². The van der Waals surface area contributed by atoms with Gasteiger partial charge in [-0.05, 0) is 30.7 Å². The van der Waals surface area contributed by atoms with Gasteiger partial charge in [-0.3, -0.25) is 14.6 Å². The maximum absolute atomic E-state index is 12.7. The van der Waals surface area contributed by atoms with Gasteiger partial charge < -0.3 is 15.1 Å². The highest BCUT2D eigenvalue weighted by Crippen LogP contribution is 2.16. The number of hydrogen-bond donors (Lipinski definition) is 1. The van der Waals surface area contributed by atoms with E-state index in [9.17, 15) is 9.59 Å². The average Bonchev–Trinajstić information content (AvgIpc) is 2.94. The molecule has 0 atom stereocenters. The first kappa shape index (κ1) is 17.0. The Hall–Kier alpha value is -2.89. The zero-order chi connectivity index (χ0) is 17.6. The van der Waals surface area contributed by atoms with E-state index < -0.39 is 0 Å². The molecule has 1 N–H and O–H groups in total. The number of nitrogens with zero attached hydrogens (tertiary/aromatic N) is 3. The number of amides is 2. The Kier molecular flexibility index (Phi) is 5.28. The van der Waals surface area contributed by atoms with Crippen molar-refractivity contribution < 1.29 is 9.59 Å². The summed E-state index contributed by atoms with van der Waals surface area (Å²) in [5.41, 5.74) is 2.01. The van der Waals surface area contributed by atoms with Crippen LogP contribution < -0.4 is 10.2 Å². The van der Waals surface area contributed by atoms with E-state index in [0.29, 0.717) is 17.8 Å². The lowest BCUT2D eigenvalue weighted by Gasteiger charge is -2.23. The standard InChI is InChI=1S/C19H22N4O2/c1-20-18(24)17-9-8-15(14-21-17)19(25)23-11-5-10-22(12-13-23)16-6-3-2-4-7-16/h2-4,6-9,14H,5,10-13H2,1H3,(H,20,24). The van der Waals surface area contributed by atoms with Crippen LogP contribution in [0.3, 0.4) is 0 Å². The van der Waals surface area contributed by atoms with E-state index in [2.05, 4.69) is 27.3 Å². The number of para-hydroxylation sites is 1. The fourth-order valence-electron chi connectivity index (χ4n) is 2.98. The predicted molar refractivity (Wildman–Crippen MR) is 96.8 cm³/mol. The van der Waals surface area contributed by atoms with Crippen LogP contribution in [0.25, 0.3) is 0 Å². The predicted octanol–water partition coefficient (Wildman–Crippen LogP) is 1.79. The van der Waals surface area contributed by atoms with Gasteiger partial charge in [0.1, 0.15) is 5.69 Å². The lowest BCUT2D eigenvalue weighted by Crippen LogP contribution is -2.35. The molecule has 2 heterocycles. The molecule has 6 heteroatoms. The maximum atomic E-state index is 12.7. The van der Waals surface area contributed by atoms with Crippen LogP contribution >= 0.6 is 0 Å². The zero-order valence-electron chi connectivity index (χ0n) is 14.3. The molecule has 0 bridgehead atoms. The van der Waals surface area contributed by atoms with Crippen LogP contribution in [0.1, 0.15) is 27.3 Å². The number of carbonyl (C=O) groups excluding carboxylic acids is 2. The first-order valence-corrected chi connectivity index (χ1v) is 8.46. The Morgan fingerprint density at radius 2 is 1.80 bits per heavy atom. The van der Waals surface area contributed by atoms with Gasteiger partial charge in [-0.15, -0.1) is 0 Å². The van der Waals surface area contributed by atoms with Gasteiger partial charge >= 0.3 is 0 Å². The summed E-state index contributed by atoms with van der Waals surface area (Å²) in [6.07, 6.45) is 2.40. The molecule has 0 saturated carbocycles. The molecule has 6 nitrogen and oxygen atoms in total. The zero-order valence-corrected chi connectivity index (χ0v) is 14.3. The number of hydrogen-bond acceptors (Lipinski definition) is 4. The van der Waals surface area contributed by atoms with Crippen molar-refractivity contribution in [2.45, 2.75) is 6.42 Å². The molecule has 1 saturated heterocycles. The first-order chi connectivity index (χ1) is 12.2. The third-order valence-electron chi connectivity index (χ3n) is 4.37. The second-order valence-corrected chi connectivity index (χ2v) is 5.98. The Morgan fingerprint density at radius 3 is 2.48 bits per heavy atom. The summed E-state index contributed by atoms with van der Waals surface area (Å²) in [7, 11) is 1.55. The number of benzene rings is 1. The molecule has 1 aromatic heterocycles. The molecular formula is C19H22N4O2. The van der Waals surface area contributed by atoms with Crippen LogP contribution in [0, 0.1) is 0 Å². The Bertz CT molecular complexity index is 731. The fourth-order valence-corrected chi connectivity index (χ4v) is 2.98. The molecule has 0 aliphatic carbocycles. The van der Waals surface area contributed by atoms with Gasteiger partial charge in [0.05, 0.1) is 5.56 Å². The number of pyridine rings is 1. The quantitative estimate of drug-likeness (QED) is 0.927. The highest BCUT2D eigenvalue weighted by Gasteiger charge is 2.21. The van der Waals surface area contributed by atoms with Crippen molar-refractivity contribution in [1.82, 2.24) is 15.2 Å². The van der Waals surface area contributed by atoms with Crippen LogP contribution in [0.4, 0.5) is 5.69 Å². The van der Waals surface area contributed by atoms with Crippen molar-refractivity contribution in [1.29, 1.82) is 0 Å². The number of carbonyl (C=O) groups is 2. The number of aromatic nitrogens is 1. The highest BCUT2D eigenvalue weighted by molar-refractivity contribution is 5.96. The fraction of sp³-hybridized carbons (Fsp3) is 0.316. The molecule has 1 aliphatic heterocycles. The summed E-state index contributed by atoms with van der Waals surface area (Å²) in [5.74, 6) is -0.293. The Labute approximate surface area is 147 Å². The van der Waals surface area contributed by atoms with Crippen molar-refractivity contribution in [3.8, 4) is 0 Å². The van der Waals surface area contributed by atoms with Crippen LogP contribution in [-0.4, -0.2) is 54.9 Å². The second kappa shape index (κ2) is 7.79. The minimum Gasteiger partial charge on any atom is -0.370 e. The molecular weight excluding hydrogens is 316 g/mol. The SMILES string of the molecule is CNC(=O)c1ccc(C(=O)N2CCCN(c3ccccc3)CC2)cn1. The molecule has 0 radical (unpaired) electrons. The van der Waals surface area contributed by atoms with E-state index in [1.165, 1.54) is 11.9 Å². The third-order valence-corrected chi connectivity index (χ3v) is 4.37. The number of rotatable bonds is 3. The van der Waals surface area contributed by atoms with Crippen molar-refractivity contribution in [2.75, 3.05) is 38.1 Å². The molecule has 1 aromatic carbocycles. The topological polar surface area (TPSA) is 65.5 Å². The van der Waals surface area contributed by atoms with E-state index in [-0.39, 0.29) is 11.8 Å². The molecule has 130 valence electrons. The Balaban J connectivity index is 1.66. The molecule has 25 heavy (non-hydrogen) atoms. The van der Waals surface area contributed by atoms with Crippen LogP contribution in [0.2, 0.25) is 0 Å². The molecule has 2 aromatic rings. The lowest BCUT2D eigenvalue weighted by molar-refractivity contribution is 0.0765. The summed E-state index contributed by atoms with van der Waals surface area (Å²) in [4.78, 5) is 32.5. The third kappa shape index (κ3) is 3.96. The van der Waals surface area contributed by atoms with Crippen molar-refractivity contribution in [3.63, 3.8) is 0 Å². The van der Waals surface area contributed by atoms with Gasteiger partial charge in [0.2, 0.25) is 0 Å². The molecule has 1 aliphatic rings. The minimum absolute atomic E-state index is 0.0362. The monoisotopic (exact) mass is 338 g/mol. The van der Waals surface area contributed by atoms with E-state index >= 15 is 0 Å². The first-order valence-electron chi connectivity index (χ1n) is 8.46. The summed E-state index contributed by atoms with van der Waals surface area (Å²) in [6.45, 7) is 3.13. The molecule has 1 fully saturated rings. The number of anilines is 1. The molecule has 2 amide bonds. The van der Waals surface area contributed by atoms with E-state index in [0.717, 1.165) is 26.1 Å². The minimum atomic E-state index is -0.257. The van der Waals surface area contributed by atoms with Crippen LogP contribution in [0.15, 0.2) is 48.7 Å².